The van der Waals surface area contributed by atoms with E-state index >= 15 is 0 Å². The smallest absolute Gasteiger partial charge is 0.408 e. The third-order valence-electron chi connectivity index (χ3n) is 5.42. The van der Waals surface area contributed by atoms with Crippen molar-refractivity contribution in [3.63, 3.8) is 0 Å². The first-order chi connectivity index (χ1) is 16.5. The highest BCUT2D eigenvalue weighted by atomic mass is 16.6. The van der Waals surface area contributed by atoms with E-state index in [0.717, 1.165) is 38.5 Å². The van der Waals surface area contributed by atoms with E-state index in [9.17, 15) is 14.4 Å². The highest BCUT2D eigenvalue weighted by molar-refractivity contribution is 5.92. The molecule has 194 valence electrons. The van der Waals surface area contributed by atoms with Gasteiger partial charge in [0, 0.05) is 18.7 Å². The van der Waals surface area contributed by atoms with Crippen molar-refractivity contribution < 1.29 is 19.1 Å². The molecule has 2 atom stereocenters. The molecule has 3 amide bonds. The number of nitrogens with zero attached hydrogens (tertiary/aromatic N) is 1. The van der Waals surface area contributed by atoms with Crippen molar-refractivity contribution in [3.05, 3.63) is 35.4 Å². The molecule has 1 rings (SSSR count). The van der Waals surface area contributed by atoms with E-state index < -0.39 is 23.8 Å². The predicted octanol–water partition coefficient (Wildman–Crippen LogP) is 4.95. The molecule has 0 aliphatic carbocycles. The molecule has 0 spiro atoms. The first-order valence-electron chi connectivity index (χ1n) is 12.7. The average molecular weight is 486 g/mol. The molecule has 0 saturated heterocycles. The zero-order valence-corrected chi connectivity index (χ0v) is 22.3. The van der Waals surface area contributed by atoms with Gasteiger partial charge in [-0.05, 0) is 58.2 Å². The standard InChI is InChI=1S/C28H43N3O4/c1-8-11-13-14-20-31(26(33)21(4)30-27(34)35-28(5,6)7)24(25(32)29-19-12-9-2)23-17-15-22(10-3)16-18-23/h3,15-18,21,24H,8-9,11-14,19-20H2,1-2,4-7H3,(H,29,32)(H,30,34). The van der Waals surface area contributed by atoms with Gasteiger partial charge in [0.05, 0.1) is 0 Å². The molecule has 0 aliphatic rings. The SMILES string of the molecule is C#Cc1ccc(C(C(=O)NCCCC)N(CCCCCC)C(=O)C(C)NC(=O)OC(C)(C)C)cc1. The number of unbranched alkanes of at least 4 members (excludes halogenated alkanes) is 4. The number of alkyl carbamates (subject to hydrolysis) is 1. The van der Waals surface area contributed by atoms with E-state index in [0.29, 0.717) is 24.2 Å². The second-order valence-electron chi connectivity index (χ2n) is 9.77. The van der Waals surface area contributed by atoms with Crippen LogP contribution in [0.5, 0.6) is 0 Å². The molecule has 0 heterocycles. The van der Waals surface area contributed by atoms with Crippen molar-refractivity contribution in [3.8, 4) is 12.3 Å². The topological polar surface area (TPSA) is 87.7 Å². The van der Waals surface area contributed by atoms with Crippen LogP contribution >= 0.6 is 0 Å². The number of hydrogen-bond donors (Lipinski definition) is 2. The summed E-state index contributed by atoms with van der Waals surface area (Å²) in [7, 11) is 0. The Kier molecular flexibility index (Phi) is 12.9. The Balaban J connectivity index is 3.28. The zero-order chi connectivity index (χ0) is 26.4. The number of benzene rings is 1. The summed E-state index contributed by atoms with van der Waals surface area (Å²) in [5.74, 6) is 1.99. The van der Waals surface area contributed by atoms with Gasteiger partial charge in [-0.15, -0.1) is 6.42 Å². The Hall–Kier alpha value is -3.01. The van der Waals surface area contributed by atoms with Crippen LogP contribution < -0.4 is 10.6 Å². The molecule has 35 heavy (non-hydrogen) atoms. The Morgan fingerprint density at radius 3 is 2.20 bits per heavy atom. The summed E-state index contributed by atoms with van der Waals surface area (Å²) in [5.41, 5.74) is 0.679. The summed E-state index contributed by atoms with van der Waals surface area (Å²) in [6.07, 6.45) is 10.4. The van der Waals surface area contributed by atoms with E-state index in [4.69, 9.17) is 11.2 Å². The van der Waals surface area contributed by atoms with Gasteiger partial charge in [-0.2, -0.15) is 0 Å². The molecular formula is C28H43N3O4. The minimum atomic E-state index is -0.869. The van der Waals surface area contributed by atoms with E-state index in [2.05, 4.69) is 30.4 Å². The Labute approximate surface area is 211 Å². The van der Waals surface area contributed by atoms with E-state index in [1.54, 1.807) is 56.9 Å². The number of amides is 3. The first kappa shape index (κ1) is 30.0. The van der Waals surface area contributed by atoms with Crippen LogP contribution in [0, 0.1) is 12.3 Å². The summed E-state index contributed by atoms with van der Waals surface area (Å²) in [4.78, 5) is 40.9. The molecule has 0 radical (unpaired) electrons. The summed E-state index contributed by atoms with van der Waals surface area (Å²) < 4.78 is 5.32. The predicted molar refractivity (Wildman–Crippen MR) is 140 cm³/mol. The Morgan fingerprint density at radius 1 is 1.03 bits per heavy atom. The van der Waals surface area contributed by atoms with E-state index in [-0.39, 0.29) is 11.8 Å². The van der Waals surface area contributed by atoms with Crippen LogP contribution in [0.25, 0.3) is 0 Å². The minimum Gasteiger partial charge on any atom is -0.444 e. The fourth-order valence-electron chi connectivity index (χ4n) is 3.59. The van der Waals surface area contributed by atoms with Crippen LogP contribution in [-0.4, -0.2) is 47.5 Å². The summed E-state index contributed by atoms with van der Waals surface area (Å²) in [6, 6.07) is 5.41. The lowest BCUT2D eigenvalue weighted by Gasteiger charge is -2.34. The van der Waals surface area contributed by atoms with Gasteiger partial charge in [-0.1, -0.05) is 57.6 Å². The molecule has 2 N–H and O–H groups in total. The molecule has 0 fully saturated rings. The lowest BCUT2D eigenvalue weighted by Crippen LogP contribution is -2.52. The van der Waals surface area contributed by atoms with Gasteiger partial charge in [-0.25, -0.2) is 4.79 Å². The molecule has 0 saturated carbocycles. The monoisotopic (exact) mass is 485 g/mol. The number of terminal acetylenes is 1. The number of carbonyl (C=O) groups is 3. The molecule has 2 unspecified atom stereocenters. The average Bonchev–Trinajstić information content (AvgIpc) is 2.79. The maximum absolute atomic E-state index is 13.6. The largest absolute Gasteiger partial charge is 0.444 e. The van der Waals surface area contributed by atoms with Crippen LogP contribution in [0.4, 0.5) is 4.79 Å². The van der Waals surface area contributed by atoms with Gasteiger partial charge in [0.25, 0.3) is 0 Å². The summed E-state index contributed by atoms with van der Waals surface area (Å²) >= 11 is 0. The maximum Gasteiger partial charge on any atom is 0.408 e. The molecule has 0 aliphatic heterocycles. The highest BCUT2D eigenvalue weighted by Gasteiger charge is 2.34. The van der Waals surface area contributed by atoms with Crippen molar-refractivity contribution in [2.75, 3.05) is 13.1 Å². The van der Waals surface area contributed by atoms with Crippen molar-refractivity contribution in [2.24, 2.45) is 0 Å². The Bertz CT molecular complexity index is 852. The molecular weight excluding hydrogens is 442 g/mol. The fourth-order valence-corrected chi connectivity index (χ4v) is 3.59. The van der Waals surface area contributed by atoms with Gasteiger partial charge in [0.2, 0.25) is 11.8 Å². The van der Waals surface area contributed by atoms with Crippen molar-refractivity contribution in [1.29, 1.82) is 0 Å². The van der Waals surface area contributed by atoms with Crippen LogP contribution in [-0.2, 0) is 14.3 Å². The Morgan fingerprint density at radius 2 is 1.66 bits per heavy atom. The number of hydrogen-bond acceptors (Lipinski definition) is 4. The van der Waals surface area contributed by atoms with Gasteiger partial charge >= 0.3 is 6.09 Å². The van der Waals surface area contributed by atoms with Crippen LogP contribution in [0.15, 0.2) is 24.3 Å². The normalized spacial score (nSPS) is 12.7. The van der Waals surface area contributed by atoms with E-state index in [1.807, 2.05) is 0 Å². The van der Waals surface area contributed by atoms with Crippen LogP contribution in [0.2, 0.25) is 0 Å². The molecule has 0 aromatic heterocycles. The van der Waals surface area contributed by atoms with Gasteiger partial charge in [0.1, 0.15) is 17.7 Å². The lowest BCUT2D eigenvalue weighted by atomic mass is 10.0. The minimum absolute atomic E-state index is 0.250. The van der Waals surface area contributed by atoms with Crippen molar-refractivity contribution >= 4 is 17.9 Å². The fraction of sp³-hybridized carbons (Fsp3) is 0.607. The third kappa shape index (κ3) is 10.9. The maximum atomic E-state index is 13.6. The van der Waals surface area contributed by atoms with Crippen LogP contribution in [0.1, 0.15) is 97.2 Å². The first-order valence-corrected chi connectivity index (χ1v) is 12.7. The van der Waals surface area contributed by atoms with Gasteiger partial charge in [-0.3, -0.25) is 9.59 Å². The van der Waals surface area contributed by atoms with Gasteiger partial charge in [0.15, 0.2) is 0 Å². The van der Waals surface area contributed by atoms with Crippen molar-refractivity contribution in [2.45, 2.75) is 97.8 Å². The summed E-state index contributed by atoms with van der Waals surface area (Å²) in [5, 5.41) is 5.60. The summed E-state index contributed by atoms with van der Waals surface area (Å²) in [6.45, 7) is 12.0. The van der Waals surface area contributed by atoms with Crippen LogP contribution in [0.3, 0.4) is 0 Å². The molecule has 1 aromatic carbocycles. The second-order valence-corrected chi connectivity index (χ2v) is 9.77. The molecule has 7 heteroatoms. The number of rotatable bonds is 13. The molecule has 0 bridgehead atoms. The zero-order valence-electron chi connectivity index (χ0n) is 22.3. The molecule has 7 nitrogen and oxygen atoms in total. The lowest BCUT2D eigenvalue weighted by molar-refractivity contribution is -0.142. The number of ether oxygens (including phenoxy) is 1. The molecule has 1 aromatic rings. The van der Waals surface area contributed by atoms with Gasteiger partial charge < -0.3 is 20.3 Å². The highest BCUT2D eigenvalue weighted by Crippen LogP contribution is 2.24. The second kappa shape index (κ2) is 15.1. The number of nitrogens with one attached hydrogen (secondary N) is 2. The number of carbonyl (C=O) groups excluding carboxylic acids is 3. The quantitative estimate of drug-likeness (QED) is 0.306. The third-order valence-corrected chi connectivity index (χ3v) is 5.42. The van der Waals surface area contributed by atoms with Crippen molar-refractivity contribution in [1.82, 2.24) is 15.5 Å². The van der Waals surface area contributed by atoms with E-state index in [1.165, 1.54) is 0 Å².